The number of aryl methyl sites for hydroxylation is 1. The molecular formula is C10H14N4O. The zero-order valence-corrected chi connectivity index (χ0v) is 8.97. The number of nitrogens with zero attached hydrogens (tertiary/aromatic N) is 4. The second-order valence-corrected chi connectivity index (χ2v) is 3.38. The fourth-order valence-corrected chi connectivity index (χ4v) is 1.15. The zero-order chi connectivity index (χ0) is 11.3. The quantitative estimate of drug-likeness (QED) is 0.723. The Morgan fingerprint density at radius 1 is 1.73 bits per heavy atom. The van der Waals surface area contributed by atoms with Crippen molar-refractivity contribution in [2.75, 3.05) is 13.6 Å². The number of amides is 1. The van der Waals surface area contributed by atoms with Crippen molar-refractivity contribution in [1.82, 2.24) is 14.7 Å². The summed E-state index contributed by atoms with van der Waals surface area (Å²) in [6.07, 6.45) is 2.13. The maximum absolute atomic E-state index is 11.6. The molecule has 1 rings (SSSR count). The highest BCUT2D eigenvalue weighted by Gasteiger charge is 2.09. The van der Waals surface area contributed by atoms with E-state index in [4.69, 9.17) is 5.26 Å². The molecule has 1 aromatic rings. The predicted octanol–water partition coefficient (Wildman–Crippen LogP) is 0.564. The van der Waals surface area contributed by atoms with Gasteiger partial charge in [-0.2, -0.15) is 10.4 Å². The zero-order valence-electron chi connectivity index (χ0n) is 8.97. The molecule has 15 heavy (non-hydrogen) atoms. The summed E-state index contributed by atoms with van der Waals surface area (Å²) >= 11 is 0. The van der Waals surface area contributed by atoms with Crippen LogP contribution in [0.2, 0.25) is 0 Å². The van der Waals surface area contributed by atoms with Gasteiger partial charge in [0.05, 0.1) is 18.2 Å². The van der Waals surface area contributed by atoms with E-state index in [0.717, 1.165) is 5.69 Å². The van der Waals surface area contributed by atoms with Gasteiger partial charge in [0.1, 0.15) is 6.54 Å². The molecule has 0 spiro atoms. The van der Waals surface area contributed by atoms with Crippen molar-refractivity contribution < 1.29 is 4.79 Å². The molecule has 0 bridgehead atoms. The molecule has 0 aliphatic heterocycles. The summed E-state index contributed by atoms with van der Waals surface area (Å²) < 4.78 is 1.60. The van der Waals surface area contributed by atoms with Gasteiger partial charge in [-0.05, 0) is 13.0 Å². The van der Waals surface area contributed by atoms with Crippen LogP contribution < -0.4 is 0 Å². The summed E-state index contributed by atoms with van der Waals surface area (Å²) in [5.74, 6) is -0.0339. The lowest BCUT2D eigenvalue weighted by molar-refractivity contribution is -0.130. The van der Waals surface area contributed by atoms with Crippen molar-refractivity contribution in [3.05, 3.63) is 18.0 Å². The number of rotatable bonds is 4. The number of likely N-dealkylation sites (N-methyl/N-ethyl adjacent to an activating group) is 1. The van der Waals surface area contributed by atoms with E-state index >= 15 is 0 Å². The first-order valence-electron chi connectivity index (χ1n) is 4.74. The highest BCUT2D eigenvalue weighted by molar-refractivity contribution is 5.75. The first-order valence-corrected chi connectivity index (χ1v) is 4.74. The SMILES string of the molecule is Cc1ccn(CC(=O)N(C)CCC#N)n1. The van der Waals surface area contributed by atoms with Gasteiger partial charge in [0.15, 0.2) is 0 Å². The van der Waals surface area contributed by atoms with E-state index in [1.165, 1.54) is 0 Å². The summed E-state index contributed by atoms with van der Waals surface area (Å²) in [7, 11) is 1.69. The molecular weight excluding hydrogens is 192 g/mol. The second-order valence-electron chi connectivity index (χ2n) is 3.38. The molecule has 0 unspecified atom stereocenters. The Bertz CT molecular complexity index is 377. The number of aromatic nitrogens is 2. The molecule has 80 valence electrons. The van der Waals surface area contributed by atoms with Crippen LogP contribution in [-0.2, 0) is 11.3 Å². The third kappa shape index (κ3) is 3.43. The Balaban J connectivity index is 2.45. The van der Waals surface area contributed by atoms with Crippen molar-refractivity contribution in [3.63, 3.8) is 0 Å². The lowest BCUT2D eigenvalue weighted by Gasteiger charge is -2.14. The molecule has 1 heterocycles. The lowest BCUT2D eigenvalue weighted by atomic mass is 10.4. The third-order valence-corrected chi connectivity index (χ3v) is 2.06. The Kier molecular flexibility index (Phi) is 3.86. The van der Waals surface area contributed by atoms with Crippen LogP contribution in [-0.4, -0.2) is 34.2 Å². The molecule has 1 aromatic heterocycles. The molecule has 0 saturated carbocycles. The van der Waals surface area contributed by atoms with Gasteiger partial charge in [-0.1, -0.05) is 0 Å². The molecule has 0 atom stereocenters. The van der Waals surface area contributed by atoms with E-state index in [1.54, 1.807) is 22.8 Å². The molecule has 5 nitrogen and oxygen atoms in total. The number of carbonyl (C=O) groups is 1. The van der Waals surface area contributed by atoms with Gasteiger partial charge in [-0.15, -0.1) is 0 Å². The molecule has 0 aliphatic carbocycles. The van der Waals surface area contributed by atoms with Crippen LogP contribution in [0.4, 0.5) is 0 Å². The average Bonchev–Trinajstić information content (AvgIpc) is 2.60. The van der Waals surface area contributed by atoms with Crippen LogP contribution in [0, 0.1) is 18.3 Å². The smallest absolute Gasteiger partial charge is 0.244 e. The maximum Gasteiger partial charge on any atom is 0.244 e. The van der Waals surface area contributed by atoms with Crippen LogP contribution in [0.15, 0.2) is 12.3 Å². The highest BCUT2D eigenvalue weighted by Crippen LogP contribution is 1.95. The molecule has 0 N–H and O–H groups in total. The number of hydrogen-bond acceptors (Lipinski definition) is 3. The summed E-state index contributed by atoms with van der Waals surface area (Å²) in [6.45, 7) is 2.58. The number of nitriles is 1. The van der Waals surface area contributed by atoms with Crippen LogP contribution in [0.3, 0.4) is 0 Å². The van der Waals surface area contributed by atoms with Gasteiger partial charge >= 0.3 is 0 Å². The Morgan fingerprint density at radius 3 is 3.00 bits per heavy atom. The van der Waals surface area contributed by atoms with E-state index in [2.05, 4.69) is 5.10 Å². The maximum atomic E-state index is 11.6. The average molecular weight is 206 g/mol. The minimum Gasteiger partial charge on any atom is -0.343 e. The van der Waals surface area contributed by atoms with Gasteiger partial charge in [0.25, 0.3) is 0 Å². The van der Waals surface area contributed by atoms with E-state index in [9.17, 15) is 4.79 Å². The topological polar surface area (TPSA) is 61.9 Å². The third-order valence-electron chi connectivity index (χ3n) is 2.06. The molecule has 0 radical (unpaired) electrons. The van der Waals surface area contributed by atoms with Crippen LogP contribution >= 0.6 is 0 Å². The molecule has 5 heteroatoms. The second kappa shape index (κ2) is 5.15. The Labute approximate surface area is 88.9 Å². The van der Waals surface area contributed by atoms with Crippen molar-refractivity contribution in [3.8, 4) is 6.07 Å². The fraction of sp³-hybridized carbons (Fsp3) is 0.500. The first-order chi connectivity index (χ1) is 7.13. The normalized spacial score (nSPS) is 9.67. The molecule has 0 aromatic carbocycles. The van der Waals surface area contributed by atoms with Crippen LogP contribution in [0.25, 0.3) is 0 Å². The van der Waals surface area contributed by atoms with Crippen molar-refractivity contribution in [1.29, 1.82) is 5.26 Å². The van der Waals surface area contributed by atoms with Gasteiger partial charge < -0.3 is 4.90 Å². The summed E-state index contributed by atoms with van der Waals surface area (Å²) in [4.78, 5) is 13.1. The molecule has 0 saturated heterocycles. The number of carbonyl (C=O) groups excluding carboxylic acids is 1. The number of hydrogen-bond donors (Lipinski definition) is 0. The van der Waals surface area contributed by atoms with Crippen LogP contribution in [0.1, 0.15) is 12.1 Å². The summed E-state index contributed by atoms with van der Waals surface area (Å²) in [6, 6.07) is 3.85. The minimum absolute atomic E-state index is 0.0339. The standard InChI is InChI=1S/C10H14N4O/c1-9-4-7-14(12-9)8-10(15)13(2)6-3-5-11/h4,7H,3,6,8H2,1-2H3. The van der Waals surface area contributed by atoms with E-state index in [0.29, 0.717) is 13.0 Å². The van der Waals surface area contributed by atoms with E-state index in [-0.39, 0.29) is 12.5 Å². The lowest BCUT2D eigenvalue weighted by Crippen LogP contribution is -2.31. The minimum atomic E-state index is -0.0339. The summed E-state index contributed by atoms with van der Waals surface area (Å²) in [5.41, 5.74) is 0.891. The van der Waals surface area contributed by atoms with Crippen molar-refractivity contribution in [2.45, 2.75) is 19.9 Å². The first kappa shape index (κ1) is 11.2. The van der Waals surface area contributed by atoms with Crippen LogP contribution in [0.5, 0.6) is 0 Å². The Morgan fingerprint density at radius 2 is 2.47 bits per heavy atom. The largest absolute Gasteiger partial charge is 0.343 e. The molecule has 0 aliphatic rings. The van der Waals surface area contributed by atoms with Gasteiger partial charge in [-0.3, -0.25) is 9.48 Å². The fourth-order valence-electron chi connectivity index (χ4n) is 1.15. The summed E-state index contributed by atoms with van der Waals surface area (Å²) in [5, 5.41) is 12.5. The van der Waals surface area contributed by atoms with Crippen molar-refractivity contribution in [2.24, 2.45) is 0 Å². The van der Waals surface area contributed by atoms with Gasteiger partial charge in [0, 0.05) is 19.8 Å². The monoisotopic (exact) mass is 206 g/mol. The molecule has 0 fully saturated rings. The van der Waals surface area contributed by atoms with E-state index < -0.39 is 0 Å². The van der Waals surface area contributed by atoms with Gasteiger partial charge in [0.2, 0.25) is 5.91 Å². The molecule has 1 amide bonds. The Hall–Kier alpha value is -1.83. The van der Waals surface area contributed by atoms with Crippen molar-refractivity contribution >= 4 is 5.91 Å². The van der Waals surface area contributed by atoms with E-state index in [1.807, 2.05) is 19.1 Å². The van der Waals surface area contributed by atoms with Gasteiger partial charge in [-0.25, -0.2) is 0 Å². The predicted molar refractivity (Wildman–Crippen MR) is 54.8 cm³/mol. The highest BCUT2D eigenvalue weighted by atomic mass is 16.2.